The second-order valence-corrected chi connectivity index (χ2v) is 11.1. The summed E-state index contributed by atoms with van der Waals surface area (Å²) in [6, 6.07) is 34.1. The average molecular weight is 611 g/mol. The lowest BCUT2D eigenvalue weighted by molar-refractivity contribution is -0.171. The Morgan fingerprint density at radius 2 is 1.13 bits per heavy atom. The van der Waals surface area contributed by atoms with E-state index < -0.39 is 48.4 Å². The van der Waals surface area contributed by atoms with Gasteiger partial charge in [0.05, 0.1) is 25.4 Å². The molecule has 1 aliphatic carbocycles. The first-order valence-corrected chi connectivity index (χ1v) is 15.0. The smallest absolute Gasteiger partial charge is 0.252 e. The maximum absolute atomic E-state index is 13.7. The first-order valence-electron chi connectivity index (χ1n) is 15.0. The van der Waals surface area contributed by atoms with Gasteiger partial charge in [0, 0.05) is 6.54 Å². The number of aliphatic hydroxyl groups is 3. The molecule has 5 rings (SSSR count). The highest BCUT2D eigenvalue weighted by molar-refractivity contribution is 5.84. The van der Waals surface area contributed by atoms with E-state index in [-0.39, 0.29) is 19.8 Å². The largest absolute Gasteiger partial charge is 0.387 e. The molecule has 0 saturated heterocycles. The number of benzene rings is 4. The maximum Gasteiger partial charge on any atom is 0.252 e. The summed E-state index contributed by atoms with van der Waals surface area (Å²) in [5.74, 6) is -1.40. The molecular weight excluding hydrogens is 572 g/mol. The minimum absolute atomic E-state index is 0.0255. The summed E-state index contributed by atoms with van der Waals surface area (Å²) in [4.78, 5) is 27.1. The Hall–Kier alpha value is -4.38. The molecule has 4 aromatic carbocycles. The van der Waals surface area contributed by atoms with Crippen molar-refractivity contribution in [2.24, 2.45) is 0 Å². The van der Waals surface area contributed by atoms with Crippen molar-refractivity contribution >= 4 is 11.8 Å². The predicted octanol–water partition coefficient (Wildman–Crippen LogP) is 2.97. The number of carbonyl (C=O) groups is 2. The zero-order valence-corrected chi connectivity index (χ0v) is 24.7. The summed E-state index contributed by atoms with van der Waals surface area (Å²) >= 11 is 0. The zero-order valence-electron chi connectivity index (χ0n) is 24.7. The lowest BCUT2D eigenvalue weighted by Gasteiger charge is -2.31. The number of hydrogen-bond acceptors (Lipinski definition) is 7. The molecule has 234 valence electrons. The van der Waals surface area contributed by atoms with Crippen LogP contribution in [0.3, 0.4) is 0 Å². The molecule has 9 heteroatoms. The fourth-order valence-corrected chi connectivity index (χ4v) is 5.39. The van der Waals surface area contributed by atoms with Crippen LogP contribution in [0.5, 0.6) is 0 Å². The van der Waals surface area contributed by atoms with E-state index in [9.17, 15) is 24.9 Å². The summed E-state index contributed by atoms with van der Waals surface area (Å²) in [6.07, 6.45) is -7.41. The second-order valence-electron chi connectivity index (χ2n) is 11.1. The number of hydrogen-bond donors (Lipinski definition) is 5. The normalized spacial score (nSPS) is 18.3. The minimum Gasteiger partial charge on any atom is -0.387 e. The number of fused-ring (bicyclic) bond motifs is 1. The van der Waals surface area contributed by atoms with Gasteiger partial charge < -0.3 is 35.4 Å². The molecule has 5 N–H and O–H groups in total. The molecule has 0 aliphatic heterocycles. The van der Waals surface area contributed by atoms with E-state index in [0.717, 1.165) is 27.8 Å². The molecule has 0 aromatic heterocycles. The summed E-state index contributed by atoms with van der Waals surface area (Å²) in [6.45, 7) is 0.0937. The molecule has 45 heavy (non-hydrogen) atoms. The van der Waals surface area contributed by atoms with Crippen LogP contribution in [0.15, 0.2) is 115 Å². The third-order valence-corrected chi connectivity index (χ3v) is 7.86. The standard InChI is InChI=1S/C36H38N2O7/c39-30-28-19-11-10-18-27(28)20-29(30)38-36(43)34(45-23-26-16-8-3-9-17-26)32(41)31(40)33(44-22-25-14-6-2-7-15-25)35(42)37-21-24-12-4-1-5-13-24/h1-19,29-34,39-41H,20-23H2,(H,37,42)(H,38,43)/t29?,30-,31+,32+,33+,34+/m0/s1. The summed E-state index contributed by atoms with van der Waals surface area (Å²) in [5, 5.41) is 39.4. The summed E-state index contributed by atoms with van der Waals surface area (Å²) < 4.78 is 11.8. The highest BCUT2D eigenvalue weighted by Gasteiger charge is 2.42. The van der Waals surface area contributed by atoms with Gasteiger partial charge in [-0.15, -0.1) is 0 Å². The molecule has 6 atom stereocenters. The maximum atomic E-state index is 13.7. The SMILES string of the molecule is O=C(NCc1ccccc1)[C@H](OCc1ccccc1)[C@H](O)[C@@H](O)[C@@H](OCc1ccccc1)C(=O)NC1Cc2ccccc2[C@@H]1O. The summed E-state index contributed by atoms with van der Waals surface area (Å²) in [5.41, 5.74) is 3.95. The zero-order chi connectivity index (χ0) is 31.6. The van der Waals surface area contributed by atoms with Gasteiger partial charge in [-0.2, -0.15) is 0 Å². The van der Waals surface area contributed by atoms with Gasteiger partial charge in [0.25, 0.3) is 11.8 Å². The van der Waals surface area contributed by atoms with Gasteiger partial charge >= 0.3 is 0 Å². The highest BCUT2D eigenvalue weighted by Crippen LogP contribution is 2.31. The quantitative estimate of drug-likeness (QED) is 0.148. The second kappa shape index (κ2) is 15.6. The van der Waals surface area contributed by atoms with Crippen LogP contribution in [0.2, 0.25) is 0 Å². The van der Waals surface area contributed by atoms with Gasteiger partial charge in [-0.3, -0.25) is 9.59 Å². The van der Waals surface area contributed by atoms with Crippen molar-refractivity contribution in [2.75, 3.05) is 0 Å². The minimum atomic E-state index is -1.86. The van der Waals surface area contributed by atoms with Crippen LogP contribution in [0.1, 0.15) is 33.9 Å². The van der Waals surface area contributed by atoms with Crippen LogP contribution >= 0.6 is 0 Å². The van der Waals surface area contributed by atoms with Gasteiger partial charge in [-0.1, -0.05) is 115 Å². The average Bonchev–Trinajstić information content (AvgIpc) is 3.39. The molecule has 2 amide bonds. The number of carbonyl (C=O) groups excluding carboxylic acids is 2. The molecule has 4 aromatic rings. The topological polar surface area (TPSA) is 137 Å². The lowest BCUT2D eigenvalue weighted by atomic mass is 10.00. The van der Waals surface area contributed by atoms with Crippen molar-refractivity contribution in [1.82, 2.24) is 10.6 Å². The van der Waals surface area contributed by atoms with Crippen LogP contribution in [0.4, 0.5) is 0 Å². The van der Waals surface area contributed by atoms with Crippen LogP contribution in [0.25, 0.3) is 0 Å². The molecule has 0 radical (unpaired) electrons. The first kappa shape index (κ1) is 32.0. The molecule has 9 nitrogen and oxygen atoms in total. The van der Waals surface area contributed by atoms with Crippen LogP contribution < -0.4 is 10.6 Å². The number of ether oxygens (including phenoxy) is 2. The van der Waals surface area contributed by atoms with Gasteiger partial charge in [-0.05, 0) is 34.2 Å². The van der Waals surface area contributed by atoms with Crippen molar-refractivity contribution in [3.8, 4) is 0 Å². The number of amides is 2. The Balaban J connectivity index is 1.34. The molecule has 1 unspecified atom stereocenters. The molecule has 0 saturated carbocycles. The molecule has 1 aliphatic rings. The Morgan fingerprint density at radius 3 is 1.67 bits per heavy atom. The Labute approximate surface area is 262 Å². The highest BCUT2D eigenvalue weighted by atomic mass is 16.5. The Morgan fingerprint density at radius 1 is 0.667 bits per heavy atom. The molecule has 0 bridgehead atoms. The molecule has 0 fully saturated rings. The van der Waals surface area contributed by atoms with E-state index in [1.807, 2.05) is 97.1 Å². The molecule has 0 heterocycles. The predicted molar refractivity (Wildman–Crippen MR) is 167 cm³/mol. The molecule has 0 spiro atoms. The van der Waals surface area contributed by atoms with Crippen LogP contribution in [-0.2, 0) is 45.2 Å². The van der Waals surface area contributed by atoms with Gasteiger partial charge in [0.1, 0.15) is 12.2 Å². The van der Waals surface area contributed by atoms with Crippen molar-refractivity contribution in [1.29, 1.82) is 0 Å². The van der Waals surface area contributed by atoms with Gasteiger partial charge in [0.2, 0.25) is 0 Å². The third kappa shape index (κ3) is 8.42. The van der Waals surface area contributed by atoms with Gasteiger partial charge in [-0.25, -0.2) is 0 Å². The van der Waals surface area contributed by atoms with Gasteiger partial charge in [0.15, 0.2) is 12.2 Å². The van der Waals surface area contributed by atoms with Crippen molar-refractivity contribution in [2.45, 2.75) is 62.7 Å². The number of aliphatic hydroxyl groups excluding tert-OH is 3. The van der Waals surface area contributed by atoms with E-state index in [0.29, 0.717) is 6.42 Å². The van der Waals surface area contributed by atoms with Crippen LogP contribution in [-0.4, -0.2) is 57.6 Å². The summed E-state index contributed by atoms with van der Waals surface area (Å²) in [7, 11) is 0. The molecular formula is C36H38N2O7. The van der Waals surface area contributed by atoms with Crippen LogP contribution in [0, 0.1) is 0 Å². The van der Waals surface area contributed by atoms with E-state index in [4.69, 9.17) is 9.47 Å². The number of rotatable bonds is 14. The fraction of sp³-hybridized carbons (Fsp3) is 0.278. The van der Waals surface area contributed by atoms with E-state index in [2.05, 4.69) is 10.6 Å². The van der Waals surface area contributed by atoms with E-state index in [1.54, 1.807) is 18.2 Å². The third-order valence-electron chi connectivity index (χ3n) is 7.86. The fourth-order valence-electron chi connectivity index (χ4n) is 5.39. The van der Waals surface area contributed by atoms with E-state index >= 15 is 0 Å². The Bertz CT molecular complexity index is 1520. The Kier molecular flexibility index (Phi) is 11.1. The first-order chi connectivity index (χ1) is 21.9. The monoisotopic (exact) mass is 610 g/mol. The lowest BCUT2D eigenvalue weighted by Crippen LogP contribution is -2.57. The van der Waals surface area contributed by atoms with E-state index in [1.165, 1.54) is 0 Å². The number of nitrogens with one attached hydrogen (secondary N) is 2. The van der Waals surface area contributed by atoms with Crippen molar-refractivity contribution < 1.29 is 34.4 Å². The van der Waals surface area contributed by atoms with Crippen molar-refractivity contribution in [3.05, 3.63) is 143 Å². The van der Waals surface area contributed by atoms with Crippen molar-refractivity contribution in [3.63, 3.8) is 0 Å².